The zero-order valence-corrected chi connectivity index (χ0v) is 19.9. The van der Waals surface area contributed by atoms with Crippen molar-refractivity contribution in [1.82, 2.24) is 4.90 Å². The Bertz CT molecular complexity index is 876. The summed E-state index contributed by atoms with van der Waals surface area (Å²) < 4.78 is 11.3. The number of amides is 2. The summed E-state index contributed by atoms with van der Waals surface area (Å²) in [7, 11) is 0. The third-order valence-electron chi connectivity index (χ3n) is 5.22. The molecule has 2 aliphatic rings. The second kappa shape index (κ2) is 8.56. The van der Waals surface area contributed by atoms with Gasteiger partial charge in [0.15, 0.2) is 0 Å². The summed E-state index contributed by atoms with van der Waals surface area (Å²) in [6, 6.07) is 6.06. The average molecular weight is 429 g/mol. The Morgan fingerprint density at radius 1 is 0.968 bits per heavy atom. The van der Waals surface area contributed by atoms with Gasteiger partial charge in [0.05, 0.1) is 11.4 Å². The van der Waals surface area contributed by atoms with E-state index in [2.05, 4.69) is 19.1 Å². The molecule has 0 saturated carbocycles. The largest absolute Gasteiger partial charge is 0.443 e. The lowest BCUT2D eigenvalue weighted by Gasteiger charge is -2.35. The molecule has 3 rings (SSSR count). The molecule has 0 bridgehead atoms. The van der Waals surface area contributed by atoms with Crippen molar-refractivity contribution in [2.75, 3.05) is 18.0 Å². The number of hydrogen-bond donors (Lipinski definition) is 0. The molecule has 0 saturated heterocycles. The number of aryl methyl sites for hydroxylation is 1. The summed E-state index contributed by atoms with van der Waals surface area (Å²) >= 11 is 0. The molecule has 6 heteroatoms. The van der Waals surface area contributed by atoms with Crippen molar-refractivity contribution in [1.29, 1.82) is 0 Å². The molecule has 0 N–H and O–H groups in total. The van der Waals surface area contributed by atoms with E-state index in [0.29, 0.717) is 19.0 Å². The van der Waals surface area contributed by atoms with Gasteiger partial charge in [-0.05, 0) is 90.0 Å². The number of benzene rings is 1. The number of carbonyl (C=O) groups is 2. The zero-order valence-electron chi connectivity index (χ0n) is 19.9. The highest BCUT2D eigenvalue weighted by Crippen LogP contribution is 2.34. The minimum atomic E-state index is -0.549. The summed E-state index contributed by atoms with van der Waals surface area (Å²) in [5, 5.41) is 0. The molecular weight excluding hydrogens is 392 g/mol. The summed E-state index contributed by atoms with van der Waals surface area (Å²) in [6.45, 7) is 14.7. The van der Waals surface area contributed by atoms with Gasteiger partial charge in [-0.3, -0.25) is 9.80 Å². The van der Waals surface area contributed by atoms with Crippen molar-refractivity contribution in [2.24, 2.45) is 5.92 Å². The van der Waals surface area contributed by atoms with Crippen LogP contribution in [0.2, 0.25) is 0 Å². The summed E-state index contributed by atoms with van der Waals surface area (Å²) in [5.41, 5.74) is 2.75. The molecule has 0 radical (unpaired) electrons. The third kappa shape index (κ3) is 5.81. The Balaban J connectivity index is 1.89. The highest BCUT2D eigenvalue weighted by molar-refractivity contribution is 5.90. The minimum Gasteiger partial charge on any atom is -0.443 e. The molecule has 0 unspecified atom stereocenters. The highest BCUT2D eigenvalue weighted by atomic mass is 16.6. The quantitative estimate of drug-likeness (QED) is 0.551. The van der Waals surface area contributed by atoms with E-state index >= 15 is 0 Å². The van der Waals surface area contributed by atoms with Crippen molar-refractivity contribution >= 4 is 23.6 Å². The van der Waals surface area contributed by atoms with Gasteiger partial charge in [0.2, 0.25) is 0 Å². The first-order chi connectivity index (χ1) is 14.3. The van der Waals surface area contributed by atoms with E-state index in [9.17, 15) is 9.59 Å². The third-order valence-corrected chi connectivity index (χ3v) is 5.22. The number of fused-ring (bicyclic) bond motifs is 1. The predicted octanol–water partition coefficient (Wildman–Crippen LogP) is 5.99. The van der Waals surface area contributed by atoms with Crippen LogP contribution in [-0.4, -0.2) is 41.4 Å². The minimum absolute atomic E-state index is 0.317. The maximum Gasteiger partial charge on any atom is 0.414 e. The van der Waals surface area contributed by atoms with Crippen LogP contribution in [0.5, 0.6) is 0 Å². The van der Waals surface area contributed by atoms with Crippen LogP contribution in [-0.2, 0) is 15.9 Å². The van der Waals surface area contributed by atoms with Crippen LogP contribution in [0.15, 0.2) is 24.3 Å². The lowest BCUT2D eigenvalue weighted by Crippen LogP contribution is -2.40. The monoisotopic (exact) mass is 428 g/mol. The summed E-state index contributed by atoms with van der Waals surface area (Å²) in [5.74, 6) is 0.372. The molecule has 0 aromatic heterocycles. The number of nitrogens with zero attached hydrogens (tertiary/aromatic N) is 2. The molecule has 0 spiro atoms. The molecule has 2 amide bonds. The van der Waals surface area contributed by atoms with Gasteiger partial charge in [0.1, 0.15) is 11.2 Å². The van der Waals surface area contributed by atoms with Gasteiger partial charge < -0.3 is 9.47 Å². The second-order valence-corrected chi connectivity index (χ2v) is 10.6. The molecule has 1 atom stereocenters. The fraction of sp³-hybridized carbons (Fsp3) is 0.600. The van der Waals surface area contributed by atoms with Crippen LogP contribution in [0.3, 0.4) is 0 Å². The van der Waals surface area contributed by atoms with Crippen LogP contribution in [0.1, 0.15) is 72.4 Å². The molecule has 2 aliphatic heterocycles. The molecule has 170 valence electrons. The average Bonchev–Trinajstić information content (AvgIpc) is 2.64. The number of ether oxygens (including phenoxy) is 2. The maximum absolute atomic E-state index is 12.9. The Morgan fingerprint density at radius 3 is 2.19 bits per heavy atom. The molecule has 1 aromatic carbocycles. The van der Waals surface area contributed by atoms with E-state index in [1.54, 1.807) is 9.80 Å². The standard InChI is InChI=1S/C25H36N2O4/c1-17-10-12-21(27(16-17)23(29)31-25(5,6)7)19-11-13-20-18(15-19)9-8-14-26(20)22(28)30-24(2,3)4/h11-13,15,17H,8-10,14,16H2,1-7H3/t17-/m0/s1. The Morgan fingerprint density at radius 2 is 1.58 bits per heavy atom. The van der Waals surface area contributed by atoms with Crippen molar-refractivity contribution in [3.63, 3.8) is 0 Å². The van der Waals surface area contributed by atoms with Gasteiger partial charge in [0.25, 0.3) is 0 Å². The van der Waals surface area contributed by atoms with Gasteiger partial charge in [-0.2, -0.15) is 0 Å². The molecule has 0 aliphatic carbocycles. The van der Waals surface area contributed by atoms with E-state index in [0.717, 1.165) is 41.8 Å². The van der Waals surface area contributed by atoms with Crippen LogP contribution in [0.4, 0.5) is 15.3 Å². The number of carbonyl (C=O) groups excluding carboxylic acids is 2. The Labute approximate surface area is 186 Å². The molecular formula is C25H36N2O4. The fourth-order valence-corrected chi connectivity index (χ4v) is 3.93. The number of anilines is 1. The number of allylic oxidation sites excluding steroid dienone is 1. The fourth-order valence-electron chi connectivity index (χ4n) is 3.93. The van der Waals surface area contributed by atoms with Crippen molar-refractivity contribution in [3.8, 4) is 0 Å². The second-order valence-electron chi connectivity index (χ2n) is 10.6. The number of hydrogen-bond acceptors (Lipinski definition) is 4. The lowest BCUT2D eigenvalue weighted by molar-refractivity contribution is 0.0327. The van der Waals surface area contributed by atoms with Gasteiger partial charge in [-0.15, -0.1) is 0 Å². The van der Waals surface area contributed by atoms with Crippen LogP contribution >= 0.6 is 0 Å². The lowest BCUT2D eigenvalue weighted by atomic mass is 9.94. The van der Waals surface area contributed by atoms with Crippen LogP contribution < -0.4 is 4.90 Å². The Kier molecular flexibility index (Phi) is 6.40. The van der Waals surface area contributed by atoms with Gasteiger partial charge >= 0.3 is 12.2 Å². The van der Waals surface area contributed by atoms with Gasteiger partial charge in [-0.1, -0.05) is 19.1 Å². The highest BCUT2D eigenvalue weighted by Gasteiger charge is 2.31. The molecule has 6 nitrogen and oxygen atoms in total. The van der Waals surface area contributed by atoms with Crippen molar-refractivity contribution in [2.45, 2.75) is 78.9 Å². The Hall–Kier alpha value is -2.50. The normalized spacial score (nSPS) is 19.5. The molecule has 2 heterocycles. The smallest absolute Gasteiger partial charge is 0.414 e. The predicted molar refractivity (Wildman–Crippen MR) is 123 cm³/mol. The summed E-state index contributed by atoms with van der Waals surface area (Å²) in [4.78, 5) is 29.1. The van der Waals surface area contributed by atoms with Crippen LogP contribution in [0.25, 0.3) is 5.70 Å². The SMILES string of the molecule is C[C@H]1CC=C(c2ccc3c(c2)CCCN3C(=O)OC(C)(C)C)N(C(=O)OC(C)(C)C)C1. The zero-order chi connectivity index (χ0) is 23.0. The first kappa shape index (κ1) is 23.2. The van der Waals surface area contributed by atoms with Crippen molar-refractivity contribution in [3.05, 3.63) is 35.4 Å². The van der Waals surface area contributed by atoms with Crippen LogP contribution in [0, 0.1) is 5.92 Å². The number of rotatable bonds is 1. The maximum atomic E-state index is 12.9. The van der Waals surface area contributed by atoms with Gasteiger partial charge in [0, 0.05) is 13.1 Å². The molecule has 31 heavy (non-hydrogen) atoms. The molecule has 1 aromatic rings. The van der Waals surface area contributed by atoms with E-state index in [-0.39, 0.29) is 12.2 Å². The van der Waals surface area contributed by atoms with E-state index < -0.39 is 11.2 Å². The molecule has 0 fully saturated rings. The summed E-state index contributed by atoms with van der Waals surface area (Å²) in [6.07, 6.45) is 4.16. The van der Waals surface area contributed by atoms with E-state index in [1.165, 1.54) is 0 Å². The topological polar surface area (TPSA) is 59.1 Å². The first-order valence-electron chi connectivity index (χ1n) is 11.2. The van der Waals surface area contributed by atoms with E-state index in [1.807, 2.05) is 53.7 Å². The van der Waals surface area contributed by atoms with E-state index in [4.69, 9.17) is 9.47 Å². The van der Waals surface area contributed by atoms with Gasteiger partial charge in [-0.25, -0.2) is 9.59 Å². The van der Waals surface area contributed by atoms with Crippen molar-refractivity contribution < 1.29 is 19.1 Å². The first-order valence-corrected chi connectivity index (χ1v) is 11.2.